The van der Waals surface area contributed by atoms with Crippen LogP contribution in [0.15, 0.2) is 28.7 Å². The molecule has 2 aliphatic carbocycles. The van der Waals surface area contributed by atoms with E-state index in [2.05, 4.69) is 15.9 Å². The molecule has 2 fully saturated rings. The van der Waals surface area contributed by atoms with Gasteiger partial charge >= 0.3 is 7.60 Å². The van der Waals surface area contributed by atoms with Gasteiger partial charge in [-0.1, -0.05) is 66.6 Å². The number of hydrogen-bond acceptors (Lipinski definition) is 4. The van der Waals surface area contributed by atoms with E-state index in [0.29, 0.717) is 5.56 Å². The highest BCUT2D eigenvalue weighted by atomic mass is 79.9. The zero-order chi connectivity index (χ0) is 17.7. The van der Waals surface area contributed by atoms with Gasteiger partial charge in [0.2, 0.25) is 0 Å². The number of rotatable bonds is 6. The average Bonchev–Trinajstić information content (AvgIpc) is 2.63. The molecular formula is C19H28BrO4P. The van der Waals surface area contributed by atoms with Crippen LogP contribution < -0.4 is 0 Å². The lowest BCUT2D eigenvalue weighted by atomic mass is 9.98. The van der Waals surface area contributed by atoms with Crippen LogP contribution in [0.2, 0.25) is 0 Å². The number of hydrogen-bond donors (Lipinski definition) is 1. The molecule has 0 heterocycles. The van der Waals surface area contributed by atoms with Crippen LogP contribution in [0.4, 0.5) is 0 Å². The van der Waals surface area contributed by atoms with Crippen molar-refractivity contribution >= 4 is 23.5 Å². The molecule has 1 aromatic rings. The third kappa shape index (κ3) is 5.40. The number of halogens is 1. The van der Waals surface area contributed by atoms with Crippen LogP contribution in [0.25, 0.3) is 0 Å². The summed E-state index contributed by atoms with van der Waals surface area (Å²) in [7, 11) is -3.64. The van der Waals surface area contributed by atoms with Crippen LogP contribution in [0.3, 0.4) is 0 Å². The maximum atomic E-state index is 13.6. The molecule has 25 heavy (non-hydrogen) atoms. The molecule has 0 amide bonds. The van der Waals surface area contributed by atoms with E-state index in [0.717, 1.165) is 55.8 Å². The Balaban J connectivity index is 1.78. The van der Waals surface area contributed by atoms with E-state index in [1.807, 2.05) is 12.1 Å². The van der Waals surface area contributed by atoms with Crippen LogP contribution in [0, 0.1) is 0 Å². The summed E-state index contributed by atoms with van der Waals surface area (Å²) in [5.74, 6) is -1.23. The SMILES string of the molecule is O=P(OC1CCCCC1)(OC1CCCCC1)[C@H](O)c1ccc(Br)cc1. The van der Waals surface area contributed by atoms with E-state index in [1.54, 1.807) is 12.1 Å². The van der Waals surface area contributed by atoms with Crippen LogP contribution in [0.5, 0.6) is 0 Å². The van der Waals surface area contributed by atoms with Crippen molar-refractivity contribution in [2.45, 2.75) is 82.3 Å². The summed E-state index contributed by atoms with van der Waals surface area (Å²) in [6, 6.07) is 7.22. The van der Waals surface area contributed by atoms with Gasteiger partial charge in [0.15, 0.2) is 5.85 Å². The first-order valence-electron chi connectivity index (χ1n) is 9.47. The summed E-state index contributed by atoms with van der Waals surface area (Å²) >= 11 is 3.39. The van der Waals surface area contributed by atoms with Crippen molar-refractivity contribution in [2.24, 2.45) is 0 Å². The van der Waals surface area contributed by atoms with E-state index in [9.17, 15) is 9.67 Å². The molecule has 6 heteroatoms. The summed E-state index contributed by atoms with van der Waals surface area (Å²) in [5, 5.41) is 10.9. The molecule has 3 rings (SSSR count). The van der Waals surface area contributed by atoms with Crippen molar-refractivity contribution in [3.05, 3.63) is 34.3 Å². The molecule has 4 nitrogen and oxygen atoms in total. The molecular weight excluding hydrogens is 403 g/mol. The van der Waals surface area contributed by atoms with Gasteiger partial charge in [-0.25, -0.2) is 0 Å². The Kier molecular flexibility index (Phi) is 7.16. The van der Waals surface area contributed by atoms with Crippen molar-refractivity contribution in [1.29, 1.82) is 0 Å². The minimum atomic E-state index is -3.64. The summed E-state index contributed by atoms with van der Waals surface area (Å²) < 4.78 is 26.5. The molecule has 140 valence electrons. The van der Waals surface area contributed by atoms with Gasteiger partial charge in [0, 0.05) is 4.47 Å². The number of benzene rings is 1. The lowest BCUT2D eigenvalue weighted by Crippen LogP contribution is -2.22. The molecule has 1 atom stereocenters. The van der Waals surface area contributed by atoms with E-state index < -0.39 is 13.4 Å². The van der Waals surface area contributed by atoms with Crippen molar-refractivity contribution in [1.82, 2.24) is 0 Å². The monoisotopic (exact) mass is 430 g/mol. The Morgan fingerprint density at radius 1 is 0.880 bits per heavy atom. The quantitative estimate of drug-likeness (QED) is 0.535. The van der Waals surface area contributed by atoms with Crippen LogP contribution >= 0.6 is 23.5 Å². The normalized spacial score (nSPS) is 22.0. The first-order valence-corrected chi connectivity index (χ1v) is 11.9. The fourth-order valence-corrected chi connectivity index (χ4v) is 6.05. The minimum Gasteiger partial charge on any atom is -0.376 e. The van der Waals surface area contributed by atoms with Crippen LogP contribution in [0.1, 0.15) is 75.6 Å². The lowest BCUT2D eigenvalue weighted by Gasteiger charge is -2.33. The average molecular weight is 431 g/mol. The third-order valence-corrected chi connectivity index (χ3v) is 7.77. The van der Waals surface area contributed by atoms with Crippen LogP contribution in [-0.2, 0) is 13.6 Å². The smallest absolute Gasteiger partial charge is 0.363 e. The molecule has 1 N–H and O–H groups in total. The molecule has 2 saturated carbocycles. The summed E-state index contributed by atoms with van der Waals surface area (Å²) in [6.45, 7) is 0. The maximum absolute atomic E-state index is 13.6. The van der Waals surface area contributed by atoms with Gasteiger partial charge in [-0.2, -0.15) is 0 Å². The van der Waals surface area contributed by atoms with E-state index in [1.165, 1.54) is 12.8 Å². The third-order valence-electron chi connectivity index (χ3n) is 5.16. The van der Waals surface area contributed by atoms with Gasteiger partial charge in [0.05, 0.1) is 12.2 Å². The Morgan fingerprint density at radius 2 is 1.32 bits per heavy atom. The Morgan fingerprint density at radius 3 is 1.76 bits per heavy atom. The van der Waals surface area contributed by atoms with Crippen molar-refractivity contribution in [2.75, 3.05) is 0 Å². The zero-order valence-corrected chi connectivity index (χ0v) is 17.1. The lowest BCUT2D eigenvalue weighted by molar-refractivity contribution is 0.0545. The van der Waals surface area contributed by atoms with E-state index in [-0.39, 0.29) is 12.2 Å². The van der Waals surface area contributed by atoms with Crippen molar-refractivity contribution < 1.29 is 18.7 Å². The first-order chi connectivity index (χ1) is 12.1. The predicted molar refractivity (Wildman–Crippen MR) is 103 cm³/mol. The molecule has 0 aliphatic heterocycles. The second-order valence-electron chi connectivity index (χ2n) is 7.20. The second kappa shape index (κ2) is 9.14. The topological polar surface area (TPSA) is 55.8 Å². The van der Waals surface area contributed by atoms with Gasteiger partial charge in [-0.3, -0.25) is 4.57 Å². The highest BCUT2D eigenvalue weighted by molar-refractivity contribution is 9.10. The highest BCUT2D eigenvalue weighted by Crippen LogP contribution is 2.62. The van der Waals surface area contributed by atoms with E-state index in [4.69, 9.17) is 9.05 Å². The summed E-state index contributed by atoms with van der Waals surface area (Å²) in [6.07, 6.45) is 10.2. The zero-order valence-electron chi connectivity index (χ0n) is 14.6. The Labute approximate surface area is 159 Å². The fourth-order valence-electron chi connectivity index (χ4n) is 3.71. The van der Waals surface area contributed by atoms with E-state index >= 15 is 0 Å². The van der Waals surface area contributed by atoms with Crippen molar-refractivity contribution in [3.63, 3.8) is 0 Å². The molecule has 0 saturated heterocycles. The fraction of sp³-hybridized carbons (Fsp3) is 0.684. The largest absolute Gasteiger partial charge is 0.376 e. The molecule has 0 unspecified atom stereocenters. The molecule has 0 spiro atoms. The molecule has 0 radical (unpaired) electrons. The maximum Gasteiger partial charge on any atom is 0.363 e. The molecule has 1 aromatic carbocycles. The van der Waals surface area contributed by atoms with Gasteiger partial charge in [0.1, 0.15) is 0 Å². The van der Waals surface area contributed by atoms with Crippen LogP contribution in [-0.4, -0.2) is 17.3 Å². The van der Waals surface area contributed by atoms with Gasteiger partial charge in [-0.05, 0) is 43.4 Å². The minimum absolute atomic E-state index is 0.0757. The standard InChI is InChI=1S/C19H28BrO4P/c20-16-13-11-15(12-14-16)19(21)25(22,23-17-7-3-1-4-8-17)24-18-9-5-2-6-10-18/h11-14,17-19,21H,1-10H2/t19-/m0/s1. The van der Waals surface area contributed by atoms with Gasteiger partial charge in [-0.15, -0.1) is 0 Å². The summed E-state index contributed by atoms with van der Waals surface area (Å²) in [4.78, 5) is 0. The first kappa shape index (κ1) is 19.6. The second-order valence-corrected chi connectivity index (χ2v) is 10.1. The Hall–Kier alpha value is -0.190. The molecule has 2 aliphatic rings. The number of aliphatic hydroxyl groups is 1. The highest BCUT2D eigenvalue weighted by Gasteiger charge is 2.41. The van der Waals surface area contributed by atoms with Gasteiger partial charge < -0.3 is 14.2 Å². The summed E-state index contributed by atoms with van der Waals surface area (Å²) in [5.41, 5.74) is 0.582. The molecule has 0 bridgehead atoms. The van der Waals surface area contributed by atoms with Crippen molar-refractivity contribution in [3.8, 4) is 0 Å². The molecule has 0 aromatic heterocycles. The van der Waals surface area contributed by atoms with Gasteiger partial charge in [0.25, 0.3) is 0 Å². The predicted octanol–water partition coefficient (Wildman–Crippen LogP) is 6.33. The Bertz CT molecular complexity index is 556. The number of aliphatic hydroxyl groups excluding tert-OH is 1.